The van der Waals surface area contributed by atoms with Gasteiger partial charge in [0.05, 0.1) is 6.04 Å². The van der Waals surface area contributed by atoms with Crippen LogP contribution in [-0.2, 0) is 0 Å². The summed E-state index contributed by atoms with van der Waals surface area (Å²) in [7, 11) is 0. The molecule has 2 saturated heterocycles. The summed E-state index contributed by atoms with van der Waals surface area (Å²) in [4.78, 5) is 0. The Morgan fingerprint density at radius 3 is 2.45 bits per heavy atom. The van der Waals surface area contributed by atoms with Gasteiger partial charge < -0.3 is 21.1 Å². The first-order valence-electron chi connectivity index (χ1n) is 4.18. The summed E-state index contributed by atoms with van der Waals surface area (Å²) in [6.45, 7) is 4.32. The lowest BCUT2D eigenvalue weighted by atomic mass is 9.87. The van der Waals surface area contributed by atoms with E-state index < -0.39 is 5.60 Å². The Bertz CT molecular complexity index is 141. The van der Waals surface area contributed by atoms with Gasteiger partial charge in [-0.1, -0.05) is 0 Å². The zero-order chi connectivity index (χ0) is 7.73. The van der Waals surface area contributed by atoms with E-state index in [9.17, 15) is 5.11 Å². The molecule has 4 nitrogen and oxygen atoms in total. The molecule has 2 fully saturated rings. The zero-order valence-electron chi connectivity index (χ0n) is 6.56. The number of rotatable bonds is 1. The van der Waals surface area contributed by atoms with Crippen LogP contribution in [0.2, 0.25) is 0 Å². The van der Waals surface area contributed by atoms with Crippen molar-refractivity contribution in [1.29, 1.82) is 0 Å². The van der Waals surface area contributed by atoms with Crippen molar-refractivity contribution in [3.63, 3.8) is 0 Å². The Balaban J connectivity index is 1.91. The molecule has 0 aromatic carbocycles. The second-order valence-electron chi connectivity index (χ2n) is 3.42. The Morgan fingerprint density at radius 2 is 2.00 bits per heavy atom. The van der Waals surface area contributed by atoms with E-state index in [2.05, 4.69) is 16.0 Å². The van der Waals surface area contributed by atoms with Gasteiger partial charge in [-0.05, 0) is 0 Å². The first kappa shape index (κ1) is 7.49. The Morgan fingerprint density at radius 1 is 1.18 bits per heavy atom. The predicted octanol–water partition coefficient (Wildman–Crippen LogP) is -2.12. The normalized spacial score (nSPS) is 36.3. The van der Waals surface area contributed by atoms with E-state index in [0.717, 1.165) is 32.7 Å². The third kappa shape index (κ3) is 1.27. The summed E-state index contributed by atoms with van der Waals surface area (Å²) in [5.74, 6) is 0. The maximum absolute atomic E-state index is 9.87. The Labute approximate surface area is 66.4 Å². The van der Waals surface area contributed by atoms with Crippen molar-refractivity contribution in [2.75, 3.05) is 32.7 Å². The summed E-state index contributed by atoms with van der Waals surface area (Å²) in [5.41, 5.74) is -0.493. The van der Waals surface area contributed by atoms with Crippen molar-refractivity contribution in [2.24, 2.45) is 0 Å². The van der Waals surface area contributed by atoms with Gasteiger partial charge in [-0.2, -0.15) is 0 Å². The topological polar surface area (TPSA) is 56.3 Å². The smallest absolute Gasteiger partial charge is 0.106 e. The van der Waals surface area contributed by atoms with Crippen LogP contribution in [0.3, 0.4) is 0 Å². The lowest BCUT2D eigenvalue weighted by molar-refractivity contribution is -0.0456. The van der Waals surface area contributed by atoms with Crippen LogP contribution < -0.4 is 16.0 Å². The van der Waals surface area contributed by atoms with Gasteiger partial charge in [0.25, 0.3) is 0 Å². The molecule has 1 unspecified atom stereocenters. The fraction of sp³-hybridized carbons (Fsp3) is 1.00. The quantitative estimate of drug-likeness (QED) is 0.352. The largest absolute Gasteiger partial charge is 0.386 e. The predicted molar refractivity (Wildman–Crippen MR) is 42.5 cm³/mol. The van der Waals surface area contributed by atoms with Gasteiger partial charge in [0.1, 0.15) is 5.60 Å². The van der Waals surface area contributed by atoms with Crippen LogP contribution >= 0.6 is 0 Å². The highest BCUT2D eigenvalue weighted by Crippen LogP contribution is 2.15. The summed E-state index contributed by atoms with van der Waals surface area (Å²) in [5, 5.41) is 19.5. The van der Waals surface area contributed by atoms with Crippen LogP contribution in [0, 0.1) is 0 Å². The molecule has 0 spiro atoms. The van der Waals surface area contributed by atoms with Crippen molar-refractivity contribution in [2.45, 2.75) is 11.6 Å². The van der Waals surface area contributed by atoms with Crippen molar-refractivity contribution in [1.82, 2.24) is 16.0 Å². The molecule has 0 aliphatic carbocycles. The van der Waals surface area contributed by atoms with E-state index in [4.69, 9.17) is 0 Å². The van der Waals surface area contributed by atoms with Crippen LogP contribution in [0.4, 0.5) is 0 Å². The number of hydrogen-bond acceptors (Lipinski definition) is 4. The van der Waals surface area contributed by atoms with Gasteiger partial charge in [0.15, 0.2) is 0 Å². The highest BCUT2D eigenvalue weighted by Gasteiger charge is 2.42. The Kier molecular flexibility index (Phi) is 1.85. The number of β-amino-alcohol motifs (C(OH)–C–C–N with tert-alkyl or cyclic N) is 1. The van der Waals surface area contributed by atoms with E-state index in [1.807, 2.05) is 0 Å². The molecule has 2 aliphatic heterocycles. The van der Waals surface area contributed by atoms with Gasteiger partial charge in [-0.15, -0.1) is 0 Å². The number of hydrogen-bond donors (Lipinski definition) is 4. The lowest BCUT2D eigenvalue weighted by Crippen LogP contribution is -2.73. The van der Waals surface area contributed by atoms with Gasteiger partial charge in [-0.3, -0.25) is 0 Å². The van der Waals surface area contributed by atoms with E-state index in [0.29, 0.717) is 0 Å². The molecule has 4 heteroatoms. The van der Waals surface area contributed by atoms with Crippen LogP contribution in [-0.4, -0.2) is 49.5 Å². The lowest BCUT2D eigenvalue weighted by Gasteiger charge is -2.45. The van der Waals surface area contributed by atoms with Crippen LogP contribution in [0.1, 0.15) is 0 Å². The van der Waals surface area contributed by atoms with Gasteiger partial charge >= 0.3 is 0 Å². The average Bonchev–Trinajstić information content (AvgIpc) is 2.02. The number of aliphatic hydroxyl groups is 1. The molecular formula is C7H15N3O. The monoisotopic (exact) mass is 157 g/mol. The maximum Gasteiger partial charge on any atom is 0.106 e. The minimum Gasteiger partial charge on any atom is -0.386 e. The van der Waals surface area contributed by atoms with Crippen LogP contribution in [0.15, 0.2) is 0 Å². The average molecular weight is 157 g/mol. The van der Waals surface area contributed by atoms with Crippen molar-refractivity contribution < 1.29 is 5.11 Å². The minimum absolute atomic E-state index is 0.234. The molecule has 0 aromatic heterocycles. The molecule has 0 aromatic rings. The molecule has 4 N–H and O–H groups in total. The van der Waals surface area contributed by atoms with Crippen molar-refractivity contribution in [3.8, 4) is 0 Å². The second kappa shape index (κ2) is 2.71. The SMILES string of the molecule is OC1(C2CNCCN2)CNC1. The van der Waals surface area contributed by atoms with Gasteiger partial charge in [-0.25, -0.2) is 0 Å². The van der Waals surface area contributed by atoms with Crippen molar-refractivity contribution >= 4 is 0 Å². The van der Waals surface area contributed by atoms with Gasteiger partial charge in [0, 0.05) is 32.7 Å². The summed E-state index contributed by atoms with van der Waals surface area (Å²) < 4.78 is 0. The summed E-state index contributed by atoms with van der Waals surface area (Å²) >= 11 is 0. The first-order chi connectivity index (χ1) is 5.31. The summed E-state index contributed by atoms with van der Waals surface area (Å²) in [6.07, 6.45) is 0. The molecule has 2 aliphatic rings. The summed E-state index contributed by atoms with van der Waals surface area (Å²) in [6, 6.07) is 0.234. The maximum atomic E-state index is 9.87. The highest BCUT2D eigenvalue weighted by molar-refractivity contribution is 5.03. The second-order valence-corrected chi connectivity index (χ2v) is 3.42. The third-order valence-corrected chi connectivity index (χ3v) is 2.55. The fourth-order valence-corrected chi connectivity index (χ4v) is 1.66. The molecule has 0 amide bonds. The molecule has 0 bridgehead atoms. The van der Waals surface area contributed by atoms with E-state index in [1.165, 1.54) is 0 Å². The zero-order valence-corrected chi connectivity index (χ0v) is 6.56. The number of nitrogens with one attached hydrogen (secondary N) is 3. The molecule has 11 heavy (non-hydrogen) atoms. The standard InChI is InChI=1S/C7H15N3O/c11-7(4-9-5-7)6-3-8-1-2-10-6/h6,8-11H,1-5H2. The molecule has 2 rings (SSSR count). The van der Waals surface area contributed by atoms with Crippen LogP contribution in [0.5, 0.6) is 0 Å². The van der Waals surface area contributed by atoms with E-state index in [1.54, 1.807) is 0 Å². The molecule has 1 atom stereocenters. The number of piperazine rings is 1. The van der Waals surface area contributed by atoms with E-state index in [-0.39, 0.29) is 6.04 Å². The molecule has 0 radical (unpaired) electrons. The van der Waals surface area contributed by atoms with Crippen LogP contribution in [0.25, 0.3) is 0 Å². The van der Waals surface area contributed by atoms with E-state index >= 15 is 0 Å². The molecular weight excluding hydrogens is 142 g/mol. The molecule has 64 valence electrons. The molecule has 0 saturated carbocycles. The molecule has 2 heterocycles. The highest BCUT2D eigenvalue weighted by atomic mass is 16.3. The minimum atomic E-state index is -0.493. The fourth-order valence-electron chi connectivity index (χ4n) is 1.66. The third-order valence-electron chi connectivity index (χ3n) is 2.55. The van der Waals surface area contributed by atoms with Crippen molar-refractivity contribution in [3.05, 3.63) is 0 Å². The first-order valence-corrected chi connectivity index (χ1v) is 4.18. The van der Waals surface area contributed by atoms with Gasteiger partial charge in [0.2, 0.25) is 0 Å². The Hall–Kier alpha value is -0.160.